The fourth-order valence-electron chi connectivity index (χ4n) is 4.92. The van der Waals surface area contributed by atoms with Crippen molar-refractivity contribution in [2.75, 3.05) is 11.9 Å². The summed E-state index contributed by atoms with van der Waals surface area (Å²) in [5.41, 5.74) is 1.71. The van der Waals surface area contributed by atoms with Crippen molar-refractivity contribution in [1.82, 2.24) is 0 Å². The van der Waals surface area contributed by atoms with E-state index in [1.165, 1.54) is 11.3 Å². The van der Waals surface area contributed by atoms with Crippen molar-refractivity contribution in [3.05, 3.63) is 40.2 Å². The number of ether oxygens (including phenoxy) is 1. The van der Waals surface area contributed by atoms with Gasteiger partial charge in [0, 0.05) is 16.0 Å². The number of carbonyl (C=O) groups excluding carboxylic acids is 2. The molecule has 1 heterocycles. The van der Waals surface area contributed by atoms with Gasteiger partial charge in [-0.3, -0.25) is 9.59 Å². The molecular weight excluding hydrogens is 426 g/mol. The molecule has 158 valence electrons. The van der Waals surface area contributed by atoms with Gasteiger partial charge in [-0.05, 0) is 55.7 Å². The Balaban J connectivity index is 1.65. The summed E-state index contributed by atoms with van der Waals surface area (Å²) in [6.07, 6.45) is 2.51. The first-order valence-electron chi connectivity index (χ1n) is 9.99. The molecule has 0 unspecified atom stereocenters. The molecule has 6 nitrogen and oxygen atoms in total. The van der Waals surface area contributed by atoms with Crippen LogP contribution in [0.1, 0.15) is 36.5 Å². The van der Waals surface area contributed by atoms with Crippen LogP contribution in [0.4, 0.5) is 5.00 Å². The Kier molecular flexibility index (Phi) is 5.84. The lowest BCUT2D eigenvalue weighted by Gasteiger charge is -2.26. The van der Waals surface area contributed by atoms with Crippen molar-refractivity contribution >= 4 is 45.8 Å². The van der Waals surface area contributed by atoms with E-state index in [4.69, 9.17) is 16.3 Å². The fraction of sp³-hybridized carbons (Fsp3) is 0.409. The second kappa shape index (κ2) is 8.40. The second-order valence-electron chi connectivity index (χ2n) is 7.79. The fourth-order valence-corrected chi connectivity index (χ4v) is 6.00. The van der Waals surface area contributed by atoms with Gasteiger partial charge in [0.1, 0.15) is 10.6 Å². The number of hydrogen-bond acceptors (Lipinski definition) is 5. The lowest BCUT2D eigenvalue weighted by Crippen LogP contribution is -2.37. The molecule has 0 spiro atoms. The quantitative estimate of drug-likeness (QED) is 0.612. The summed E-state index contributed by atoms with van der Waals surface area (Å²) in [7, 11) is 0. The number of esters is 1. The van der Waals surface area contributed by atoms with Crippen molar-refractivity contribution in [3.8, 4) is 11.1 Å². The Morgan fingerprint density at radius 2 is 1.83 bits per heavy atom. The Labute approximate surface area is 183 Å². The normalized spacial score (nSPS) is 24.6. The van der Waals surface area contributed by atoms with Gasteiger partial charge < -0.3 is 15.2 Å². The van der Waals surface area contributed by atoms with Crippen molar-refractivity contribution in [2.24, 2.45) is 23.7 Å². The highest BCUT2D eigenvalue weighted by atomic mass is 35.5. The van der Waals surface area contributed by atoms with Gasteiger partial charge in [0.25, 0.3) is 0 Å². The largest absolute Gasteiger partial charge is 0.481 e. The average Bonchev–Trinajstić information content (AvgIpc) is 3.42. The minimum atomic E-state index is -0.916. The van der Waals surface area contributed by atoms with Crippen molar-refractivity contribution in [1.29, 1.82) is 0 Å². The molecule has 4 rings (SSSR count). The Morgan fingerprint density at radius 3 is 2.47 bits per heavy atom. The SMILES string of the molecule is CCOC(=O)c1c(-c2ccc(Cl)cc2)csc1NC(=O)[C@@H]1[C@H]2CC[C@@H](C2)[C@@H]1C(=O)O. The number of hydrogen-bond donors (Lipinski definition) is 2. The highest BCUT2D eigenvalue weighted by Crippen LogP contribution is 2.53. The molecule has 0 radical (unpaired) electrons. The minimum absolute atomic E-state index is 0.0562. The maximum Gasteiger partial charge on any atom is 0.341 e. The van der Waals surface area contributed by atoms with Crippen LogP contribution in [0.15, 0.2) is 29.6 Å². The summed E-state index contributed by atoms with van der Waals surface area (Å²) in [4.78, 5) is 37.6. The Morgan fingerprint density at radius 1 is 1.17 bits per heavy atom. The molecule has 2 saturated carbocycles. The summed E-state index contributed by atoms with van der Waals surface area (Å²) in [5.74, 6) is -2.87. The van der Waals surface area contributed by atoms with E-state index in [0.29, 0.717) is 15.6 Å². The summed E-state index contributed by atoms with van der Waals surface area (Å²) >= 11 is 7.21. The van der Waals surface area contributed by atoms with E-state index in [0.717, 1.165) is 24.8 Å². The molecule has 1 aromatic carbocycles. The van der Waals surface area contributed by atoms with E-state index in [1.807, 2.05) is 0 Å². The topological polar surface area (TPSA) is 92.7 Å². The first-order chi connectivity index (χ1) is 14.4. The number of nitrogens with one attached hydrogen (secondary N) is 1. The highest BCUT2D eigenvalue weighted by Gasteiger charge is 2.54. The van der Waals surface area contributed by atoms with Crippen LogP contribution in [0, 0.1) is 23.7 Å². The Bertz CT molecular complexity index is 986. The molecule has 30 heavy (non-hydrogen) atoms. The molecule has 2 N–H and O–H groups in total. The van der Waals surface area contributed by atoms with Crippen LogP contribution in [0.2, 0.25) is 5.02 Å². The first kappa shape index (κ1) is 20.9. The van der Waals surface area contributed by atoms with Crippen LogP contribution >= 0.6 is 22.9 Å². The molecule has 2 bridgehead atoms. The van der Waals surface area contributed by atoms with E-state index in [2.05, 4.69) is 5.32 Å². The van der Waals surface area contributed by atoms with Crippen LogP contribution in [0.5, 0.6) is 0 Å². The molecular formula is C22H22ClNO5S. The molecule has 2 fully saturated rings. The van der Waals surface area contributed by atoms with Crippen molar-refractivity contribution in [3.63, 3.8) is 0 Å². The van der Waals surface area contributed by atoms with Crippen molar-refractivity contribution in [2.45, 2.75) is 26.2 Å². The minimum Gasteiger partial charge on any atom is -0.481 e. The molecule has 2 aliphatic rings. The molecule has 2 aromatic rings. The number of halogens is 1. The zero-order valence-electron chi connectivity index (χ0n) is 16.4. The lowest BCUT2D eigenvalue weighted by atomic mass is 9.79. The van der Waals surface area contributed by atoms with Crippen LogP contribution in [-0.4, -0.2) is 29.6 Å². The average molecular weight is 448 g/mol. The smallest absolute Gasteiger partial charge is 0.341 e. The van der Waals surface area contributed by atoms with Gasteiger partial charge in [0.2, 0.25) is 5.91 Å². The molecule has 4 atom stereocenters. The lowest BCUT2D eigenvalue weighted by molar-refractivity contribution is -0.148. The molecule has 1 amide bonds. The molecule has 8 heteroatoms. The number of thiophene rings is 1. The second-order valence-corrected chi connectivity index (χ2v) is 9.11. The van der Waals surface area contributed by atoms with Crippen molar-refractivity contribution < 1.29 is 24.2 Å². The number of rotatable bonds is 6. The van der Waals surface area contributed by atoms with E-state index in [-0.39, 0.29) is 29.9 Å². The van der Waals surface area contributed by atoms with E-state index in [1.54, 1.807) is 36.6 Å². The Hall–Kier alpha value is -2.38. The van der Waals surface area contributed by atoms with Gasteiger partial charge in [-0.25, -0.2) is 4.79 Å². The number of carboxylic acid groups (broad SMARTS) is 1. The maximum atomic E-state index is 13.1. The third kappa shape index (κ3) is 3.72. The number of aliphatic carboxylic acids is 1. The number of carbonyl (C=O) groups is 3. The standard InChI is InChI=1S/C22H22ClNO5S/c1-2-29-22(28)18-15(11-5-7-14(23)8-6-11)10-30-20(18)24-19(25)16-12-3-4-13(9-12)17(16)21(26)27/h5-8,10,12-13,16-17H,2-4,9H2,1H3,(H,24,25)(H,26,27)/t12-,13-,16+,17-/m0/s1. The number of benzene rings is 1. The highest BCUT2D eigenvalue weighted by molar-refractivity contribution is 7.15. The predicted molar refractivity (Wildman–Crippen MR) is 115 cm³/mol. The first-order valence-corrected chi connectivity index (χ1v) is 11.2. The van der Waals surface area contributed by atoms with Gasteiger partial charge in [0.15, 0.2) is 0 Å². The number of anilines is 1. The zero-order valence-corrected chi connectivity index (χ0v) is 18.0. The van der Waals surface area contributed by atoms with Crippen LogP contribution in [0.25, 0.3) is 11.1 Å². The van der Waals surface area contributed by atoms with Gasteiger partial charge in [0.05, 0.1) is 18.4 Å². The molecule has 1 aromatic heterocycles. The zero-order chi connectivity index (χ0) is 21.4. The monoisotopic (exact) mass is 447 g/mol. The molecule has 2 aliphatic carbocycles. The van der Waals surface area contributed by atoms with Crippen LogP contribution in [0.3, 0.4) is 0 Å². The van der Waals surface area contributed by atoms with E-state index >= 15 is 0 Å². The summed E-state index contributed by atoms with van der Waals surface area (Å²) in [6.45, 7) is 1.92. The summed E-state index contributed by atoms with van der Waals surface area (Å²) in [5, 5.41) is 15.3. The summed E-state index contributed by atoms with van der Waals surface area (Å²) in [6, 6.07) is 7.06. The van der Waals surface area contributed by atoms with Gasteiger partial charge >= 0.3 is 11.9 Å². The third-order valence-corrected chi connectivity index (χ3v) is 7.31. The molecule has 0 saturated heterocycles. The van der Waals surface area contributed by atoms with Gasteiger partial charge in [-0.1, -0.05) is 23.7 Å². The number of carboxylic acids is 1. The van der Waals surface area contributed by atoms with Crippen LogP contribution in [-0.2, 0) is 14.3 Å². The van der Waals surface area contributed by atoms with Gasteiger partial charge in [-0.2, -0.15) is 0 Å². The predicted octanol–water partition coefficient (Wildman–Crippen LogP) is 4.93. The van der Waals surface area contributed by atoms with Crippen LogP contribution < -0.4 is 5.32 Å². The van der Waals surface area contributed by atoms with Gasteiger partial charge in [-0.15, -0.1) is 11.3 Å². The van der Waals surface area contributed by atoms with E-state index in [9.17, 15) is 19.5 Å². The van der Waals surface area contributed by atoms with E-state index < -0.39 is 23.8 Å². The summed E-state index contributed by atoms with van der Waals surface area (Å²) < 4.78 is 5.22. The maximum absolute atomic E-state index is 13.1. The molecule has 0 aliphatic heterocycles. The number of fused-ring (bicyclic) bond motifs is 2. The third-order valence-electron chi connectivity index (χ3n) is 6.17. The number of amides is 1.